The Morgan fingerprint density at radius 3 is 2.84 bits per heavy atom. The van der Waals surface area contributed by atoms with E-state index in [4.69, 9.17) is 5.73 Å². The molecule has 0 bridgehead atoms. The molecule has 2 N–H and O–H groups in total. The van der Waals surface area contributed by atoms with E-state index in [1.165, 1.54) is 31.5 Å². The van der Waals surface area contributed by atoms with Crippen LogP contribution >= 0.6 is 0 Å². The molecule has 2 unspecified atom stereocenters. The minimum atomic E-state index is 0.252. The third-order valence-electron chi connectivity index (χ3n) is 4.32. The van der Waals surface area contributed by atoms with Gasteiger partial charge in [-0.3, -0.25) is 4.90 Å². The average Bonchev–Trinajstić information content (AvgIpc) is 3.08. The van der Waals surface area contributed by atoms with Crippen molar-refractivity contribution in [2.75, 3.05) is 13.1 Å². The van der Waals surface area contributed by atoms with Gasteiger partial charge in [-0.25, -0.2) is 4.98 Å². The van der Waals surface area contributed by atoms with Gasteiger partial charge >= 0.3 is 0 Å². The maximum Gasteiger partial charge on any atom is 0.0951 e. The third kappa shape index (κ3) is 2.70. The van der Waals surface area contributed by atoms with E-state index in [0.717, 1.165) is 13.0 Å². The van der Waals surface area contributed by atoms with Crippen LogP contribution in [0.2, 0.25) is 0 Å². The summed E-state index contributed by atoms with van der Waals surface area (Å²) >= 11 is 0. The fraction of sp³-hybridized carbons (Fsp3) is 0.800. The van der Waals surface area contributed by atoms with Crippen molar-refractivity contribution >= 4 is 0 Å². The number of hydrogen-bond donors (Lipinski definition) is 1. The lowest BCUT2D eigenvalue weighted by Crippen LogP contribution is -2.47. The van der Waals surface area contributed by atoms with E-state index in [1.54, 1.807) is 0 Å². The molecule has 4 heteroatoms. The van der Waals surface area contributed by atoms with Crippen molar-refractivity contribution in [2.45, 2.75) is 57.7 Å². The molecular weight excluding hydrogens is 236 g/mol. The summed E-state index contributed by atoms with van der Waals surface area (Å²) in [6.07, 6.45) is 9.01. The van der Waals surface area contributed by atoms with Gasteiger partial charge in [0.15, 0.2) is 0 Å². The molecule has 1 saturated carbocycles. The average molecular weight is 262 g/mol. The smallest absolute Gasteiger partial charge is 0.0951 e. The molecule has 4 nitrogen and oxygen atoms in total. The number of hydrogen-bond acceptors (Lipinski definition) is 3. The van der Waals surface area contributed by atoms with Crippen molar-refractivity contribution in [3.05, 3.63) is 18.2 Å². The molecule has 2 fully saturated rings. The molecular formula is C15H26N4. The van der Waals surface area contributed by atoms with Crippen LogP contribution in [0.15, 0.2) is 12.5 Å². The molecule has 1 aromatic rings. The summed E-state index contributed by atoms with van der Waals surface area (Å²) in [6.45, 7) is 6.88. The molecule has 0 amide bonds. The van der Waals surface area contributed by atoms with Crippen molar-refractivity contribution < 1.29 is 0 Å². The largest absolute Gasteiger partial charge is 0.330 e. The van der Waals surface area contributed by atoms with Crippen LogP contribution in [0.3, 0.4) is 0 Å². The Hall–Kier alpha value is -0.870. The second kappa shape index (κ2) is 5.25. The lowest BCUT2D eigenvalue weighted by atomic mass is 9.93. The van der Waals surface area contributed by atoms with Crippen LogP contribution in [-0.2, 0) is 0 Å². The molecule has 19 heavy (non-hydrogen) atoms. The highest BCUT2D eigenvalue weighted by Gasteiger charge is 2.35. The lowest BCUT2D eigenvalue weighted by Gasteiger charge is -2.41. The highest BCUT2D eigenvalue weighted by Crippen LogP contribution is 2.39. The minimum Gasteiger partial charge on any atom is -0.330 e. The Morgan fingerprint density at radius 2 is 2.16 bits per heavy atom. The minimum absolute atomic E-state index is 0.252. The van der Waals surface area contributed by atoms with Crippen LogP contribution in [0.25, 0.3) is 0 Å². The highest BCUT2D eigenvalue weighted by molar-refractivity contribution is 5.13. The molecule has 1 aromatic heterocycles. The van der Waals surface area contributed by atoms with Crippen LogP contribution in [-0.4, -0.2) is 33.6 Å². The van der Waals surface area contributed by atoms with Crippen molar-refractivity contribution in [1.29, 1.82) is 0 Å². The van der Waals surface area contributed by atoms with Gasteiger partial charge in [-0.15, -0.1) is 0 Å². The number of likely N-dealkylation sites (tertiary alicyclic amines) is 1. The summed E-state index contributed by atoms with van der Waals surface area (Å²) in [7, 11) is 0. The van der Waals surface area contributed by atoms with Gasteiger partial charge in [0, 0.05) is 24.8 Å². The predicted octanol–water partition coefficient (Wildman–Crippen LogP) is 2.34. The fourth-order valence-electron chi connectivity index (χ4n) is 3.38. The van der Waals surface area contributed by atoms with E-state index in [-0.39, 0.29) is 6.04 Å². The normalized spacial score (nSPS) is 29.1. The van der Waals surface area contributed by atoms with Gasteiger partial charge in [-0.2, -0.15) is 0 Å². The molecule has 2 aliphatic rings. The zero-order valence-electron chi connectivity index (χ0n) is 12.1. The monoisotopic (exact) mass is 262 g/mol. The summed E-state index contributed by atoms with van der Waals surface area (Å²) in [5.74, 6) is 0.685. The quantitative estimate of drug-likeness (QED) is 0.906. The van der Waals surface area contributed by atoms with Crippen LogP contribution in [0.5, 0.6) is 0 Å². The summed E-state index contributed by atoms with van der Waals surface area (Å²) < 4.78 is 2.38. The molecule has 2 atom stereocenters. The first-order chi connectivity index (χ1) is 9.16. The molecule has 3 rings (SSSR count). The number of nitrogens with two attached hydrogens (primary N) is 1. The number of piperidine rings is 1. The zero-order chi connectivity index (χ0) is 13.4. The number of imidazole rings is 1. The van der Waals surface area contributed by atoms with Gasteiger partial charge in [0.2, 0.25) is 0 Å². The summed E-state index contributed by atoms with van der Waals surface area (Å²) in [5, 5.41) is 0. The Kier molecular flexibility index (Phi) is 3.63. The first-order valence-corrected chi connectivity index (χ1v) is 7.68. The fourth-order valence-corrected chi connectivity index (χ4v) is 3.38. The number of rotatable bonds is 4. The van der Waals surface area contributed by atoms with E-state index in [0.29, 0.717) is 18.0 Å². The SMILES string of the molecule is CC(C)CN1CCCC(N)C1c1cncn1C1CC1. The van der Waals surface area contributed by atoms with E-state index in [9.17, 15) is 0 Å². The highest BCUT2D eigenvalue weighted by atomic mass is 15.2. The Labute approximate surface area is 116 Å². The molecule has 0 aromatic carbocycles. The lowest BCUT2D eigenvalue weighted by molar-refractivity contribution is 0.108. The molecule has 0 spiro atoms. The van der Waals surface area contributed by atoms with Gasteiger partial charge in [-0.1, -0.05) is 13.8 Å². The second-order valence-corrected chi connectivity index (χ2v) is 6.60. The zero-order valence-corrected chi connectivity index (χ0v) is 12.1. The Morgan fingerprint density at radius 1 is 1.37 bits per heavy atom. The van der Waals surface area contributed by atoms with Crippen molar-refractivity contribution in [2.24, 2.45) is 11.7 Å². The van der Waals surface area contributed by atoms with Crippen LogP contribution in [0.1, 0.15) is 57.3 Å². The van der Waals surface area contributed by atoms with Crippen molar-refractivity contribution in [3.8, 4) is 0 Å². The summed E-state index contributed by atoms with van der Waals surface area (Å²) in [5.41, 5.74) is 7.79. The molecule has 0 radical (unpaired) electrons. The van der Waals surface area contributed by atoms with E-state index < -0.39 is 0 Å². The van der Waals surface area contributed by atoms with Crippen LogP contribution < -0.4 is 5.73 Å². The molecule has 1 aliphatic carbocycles. The number of aromatic nitrogens is 2. The Balaban J connectivity index is 1.86. The van der Waals surface area contributed by atoms with Crippen molar-refractivity contribution in [3.63, 3.8) is 0 Å². The first-order valence-electron chi connectivity index (χ1n) is 7.68. The topological polar surface area (TPSA) is 47.1 Å². The second-order valence-electron chi connectivity index (χ2n) is 6.60. The maximum absolute atomic E-state index is 6.44. The van der Waals surface area contributed by atoms with E-state index in [2.05, 4.69) is 28.3 Å². The van der Waals surface area contributed by atoms with Gasteiger partial charge in [0.25, 0.3) is 0 Å². The Bertz CT molecular complexity index is 422. The third-order valence-corrected chi connectivity index (χ3v) is 4.32. The predicted molar refractivity (Wildman–Crippen MR) is 76.9 cm³/mol. The molecule has 106 valence electrons. The van der Waals surface area contributed by atoms with E-state index >= 15 is 0 Å². The molecule has 1 aliphatic heterocycles. The van der Waals surface area contributed by atoms with Gasteiger partial charge < -0.3 is 10.3 Å². The molecule has 2 heterocycles. The van der Waals surface area contributed by atoms with Gasteiger partial charge in [-0.05, 0) is 38.1 Å². The van der Waals surface area contributed by atoms with E-state index in [1.807, 2.05) is 12.5 Å². The maximum atomic E-state index is 6.44. The van der Waals surface area contributed by atoms with Crippen LogP contribution in [0, 0.1) is 5.92 Å². The summed E-state index contributed by atoms with van der Waals surface area (Å²) in [4.78, 5) is 6.97. The standard InChI is InChI=1S/C15H26N4/c1-11(2)9-18-7-3-4-13(16)15(18)14-8-17-10-19(14)12-5-6-12/h8,10-13,15H,3-7,9,16H2,1-2H3. The first kappa shape index (κ1) is 13.1. The van der Waals surface area contributed by atoms with Gasteiger partial charge in [0.05, 0.1) is 18.1 Å². The van der Waals surface area contributed by atoms with Gasteiger partial charge in [0.1, 0.15) is 0 Å². The van der Waals surface area contributed by atoms with Crippen molar-refractivity contribution in [1.82, 2.24) is 14.5 Å². The van der Waals surface area contributed by atoms with Crippen LogP contribution in [0.4, 0.5) is 0 Å². The summed E-state index contributed by atoms with van der Waals surface area (Å²) in [6, 6.07) is 1.30. The number of nitrogens with zero attached hydrogens (tertiary/aromatic N) is 3. The molecule has 1 saturated heterocycles.